The van der Waals surface area contributed by atoms with Crippen LogP contribution in [0.25, 0.3) is 0 Å². The second-order valence-corrected chi connectivity index (χ2v) is 9.73. The van der Waals surface area contributed by atoms with Crippen molar-refractivity contribution >= 4 is 20.3 Å². The van der Waals surface area contributed by atoms with E-state index in [2.05, 4.69) is 0 Å². The average molecular weight is 378 g/mol. The molecule has 6 nitrogen and oxygen atoms in total. The van der Waals surface area contributed by atoms with Crippen molar-refractivity contribution in [3.63, 3.8) is 0 Å². The second-order valence-electron chi connectivity index (χ2n) is 5.01. The zero-order chi connectivity index (χ0) is 18.1. The number of methoxy groups -OCH3 is 1. The van der Waals surface area contributed by atoms with E-state index in [9.17, 15) is 9.13 Å². The maximum atomic E-state index is 13.3. The van der Waals surface area contributed by atoms with Crippen LogP contribution < -0.4 is 10.0 Å². The average Bonchev–Trinajstić information content (AvgIpc) is 2.55. The lowest BCUT2D eigenvalue weighted by Gasteiger charge is -2.22. The van der Waals surface area contributed by atoms with Gasteiger partial charge in [0.15, 0.2) is 0 Å². The minimum Gasteiger partial charge on any atom is -0.496 e. The van der Waals surface area contributed by atoms with E-state index < -0.39 is 15.0 Å². The summed E-state index contributed by atoms with van der Waals surface area (Å²) in [6, 6.07) is 7.12. The largest absolute Gasteiger partial charge is 0.496 e. The molecular formula is C16H28O6P2. The third-order valence-corrected chi connectivity index (χ3v) is 8.18. The van der Waals surface area contributed by atoms with Crippen LogP contribution in [0.4, 0.5) is 0 Å². The molecule has 0 spiro atoms. The summed E-state index contributed by atoms with van der Waals surface area (Å²) in [7, 11) is -4.71. The van der Waals surface area contributed by atoms with Gasteiger partial charge in [-0.15, -0.1) is 0 Å². The van der Waals surface area contributed by atoms with E-state index in [1.54, 1.807) is 39.0 Å². The Kier molecular flexibility index (Phi) is 9.25. The highest BCUT2D eigenvalue weighted by molar-refractivity contribution is 7.67. The lowest BCUT2D eigenvalue weighted by molar-refractivity contribution is 0.220. The normalized spacial score (nSPS) is 14.3. The van der Waals surface area contributed by atoms with E-state index in [-0.39, 0.29) is 12.3 Å². The fraction of sp³-hybridized carbons (Fsp3) is 0.625. The first-order chi connectivity index (χ1) is 11.4. The monoisotopic (exact) mass is 378 g/mol. The molecule has 0 saturated carbocycles. The van der Waals surface area contributed by atoms with Crippen LogP contribution in [0.5, 0.6) is 5.75 Å². The molecule has 1 rings (SSSR count). The summed E-state index contributed by atoms with van der Waals surface area (Å²) >= 11 is 0. The van der Waals surface area contributed by atoms with E-state index in [1.807, 2.05) is 6.07 Å². The van der Waals surface area contributed by atoms with Crippen molar-refractivity contribution < 1.29 is 27.4 Å². The number of rotatable bonds is 12. The van der Waals surface area contributed by atoms with Gasteiger partial charge in [0, 0.05) is 6.16 Å². The van der Waals surface area contributed by atoms with Crippen LogP contribution in [0, 0.1) is 0 Å². The van der Waals surface area contributed by atoms with Crippen LogP contribution in [0.3, 0.4) is 0 Å². The van der Waals surface area contributed by atoms with E-state index >= 15 is 0 Å². The smallest absolute Gasteiger partial charge is 0.330 e. The predicted molar refractivity (Wildman–Crippen MR) is 97.1 cm³/mol. The van der Waals surface area contributed by atoms with Crippen LogP contribution in [-0.2, 0) is 22.7 Å². The first-order valence-corrected chi connectivity index (χ1v) is 11.7. The van der Waals surface area contributed by atoms with Gasteiger partial charge in [-0.1, -0.05) is 12.1 Å². The highest BCUT2D eigenvalue weighted by atomic mass is 31.2. The molecule has 0 heterocycles. The molecule has 0 aliphatic rings. The number of hydrogen-bond acceptors (Lipinski definition) is 6. The molecule has 0 fully saturated rings. The number of benzene rings is 1. The number of para-hydroxylation sites is 1. The molecule has 1 aromatic rings. The van der Waals surface area contributed by atoms with Crippen molar-refractivity contribution in [1.29, 1.82) is 0 Å². The first kappa shape index (κ1) is 21.4. The minimum atomic E-state index is -3.14. The van der Waals surface area contributed by atoms with Crippen molar-refractivity contribution in [1.82, 2.24) is 0 Å². The van der Waals surface area contributed by atoms with Gasteiger partial charge in [-0.2, -0.15) is 0 Å². The Morgan fingerprint density at radius 3 is 2.00 bits per heavy atom. The molecule has 0 amide bonds. The second kappa shape index (κ2) is 10.4. The molecule has 24 heavy (non-hydrogen) atoms. The summed E-state index contributed by atoms with van der Waals surface area (Å²) in [6.45, 7) is 6.29. The topological polar surface area (TPSA) is 71.1 Å². The lowest BCUT2D eigenvalue weighted by atomic mass is 10.3. The third kappa shape index (κ3) is 6.02. The molecule has 0 N–H and O–H groups in total. The van der Waals surface area contributed by atoms with E-state index in [0.29, 0.717) is 37.3 Å². The van der Waals surface area contributed by atoms with Crippen LogP contribution in [0.2, 0.25) is 0 Å². The summed E-state index contributed by atoms with van der Waals surface area (Å²) in [5, 5.41) is 0.553. The van der Waals surface area contributed by atoms with Gasteiger partial charge in [0.25, 0.3) is 0 Å². The molecule has 1 atom stereocenters. The molecule has 0 aromatic heterocycles. The molecule has 8 heteroatoms. The fourth-order valence-corrected chi connectivity index (χ4v) is 6.64. The summed E-state index contributed by atoms with van der Waals surface area (Å²) in [4.78, 5) is 0. The zero-order valence-electron chi connectivity index (χ0n) is 14.9. The molecule has 0 aliphatic heterocycles. The van der Waals surface area contributed by atoms with Crippen LogP contribution >= 0.6 is 15.0 Å². The third-order valence-electron chi connectivity index (χ3n) is 3.33. The molecule has 138 valence electrons. The van der Waals surface area contributed by atoms with Crippen molar-refractivity contribution in [2.75, 3.05) is 39.3 Å². The van der Waals surface area contributed by atoms with Crippen molar-refractivity contribution in [3.8, 4) is 5.75 Å². The Bertz CT molecular complexity index is 580. The maximum Gasteiger partial charge on any atom is 0.330 e. The van der Waals surface area contributed by atoms with Gasteiger partial charge in [-0.05, 0) is 39.3 Å². The lowest BCUT2D eigenvalue weighted by Crippen LogP contribution is -2.14. The molecule has 1 unspecified atom stereocenters. The highest BCUT2D eigenvalue weighted by Crippen LogP contribution is 2.53. The van der Waals surface area contributed by atoms with Crippen LogP contribution in [0.15, 0.2) is 24.3 Å². The van der Waals surface area contributed by atoms with Crippen molar-refractivity contribution in [3.05, 3.63) is 24.3 Å². The van der Waals surface area contributed by atoms with Crippen LogP contribution in [-0.4, -0.2) is 39.3 Å². The summed E-state index contributed by atoms with van der Waals surface area (Å²) in [5.41, 5.74) is 0. The van der Waals surface area contributed by atoms with Crippen LogP contribution in [0.1, 0.15) is 27.2 Å². The molecular weight excluding hydrogens is 350 g/mol. The summed E-state index contributed by atoms with van der Waals surface area (Å²) < 4.78 is 47.3. The zero-order valence-corrected chi connectivity index (χ0v) is 16.7. The van der Waals surface area contributed by atoms with Gasteiger partial charge in [0.2, 0.25) is 7.37 Å². The molecule has 0 radical (unpaired) electrons. The fourth-order valence-electron chi connectivity index (χ4n) is 2.41. The van der Waals surface area contributed by atoms with Gasteiger partial charge < -0.3 is 18.3 Å². The molecule has 0 saturated heterocycles. The highest BCUT2D eigenvalue weighted by Gasteiger charge is 2.31. The Labute approximate surface area is 144 Å². The van der Waals surface area contributed by atoms with Crippen molar-refractivity contribution in [2.24, 2.45) is 0 Å². The first-order valence-electron chi connectivity index (χ1n) is 8.20. The van der Waals surface area contributed by atoms with E-state index in [1.165, 1.54) is 7.11 Å². The number of hydrogen-bond donors (Lipinski definition) is 0. The standard InChI is InChI=1S/C16H28O6P2/c1-5-20-23(17,16-12-9-8-11-15(16)19-4)13-10-14-24(18,21-6-2)22-7-3/h8-9,11-12H,5-7,10,13-14H2,1-4H3. The van der Waals surface area contributed by atoms with Gasteiger partial charge in [-0.3, -0.25) is 9.13 Å². The molecule has 0 bridgehead atoms. The van der Waals surface area contributed by atoms with Gasteiger partial charge in [-0.25, -0.2) is 0 Å². The Balaban J connectivity index is 2.89. The van der Waals surface area contributed by atoms with E-state index in [4.69, 9.17) is 18.3 Å². The quantitative estimate of drug-likeness (QED) is 0.505. The molecule has 1 aromatic carbocycles. The molecule has 0 aliphatic carbocycles. The van der Waals surface area contributed by atoms with Gasteiger partial charge in [0.1, 0.15) is 5.75 Å². The maximum absolute atomic E-state index is 13.3. The summed E-state index contributed by atoms with van der Waals surface area (Å²) in [5.74, 6) is 0.534. The minimum absolute atomic E-state index is 0.209. The summed E-state index contributed by atoms with van der Waals surface area (Å²) in [6.07, 6.45) is 0.874. The Morgan fingerprint density at radius 2 is 1.46 bits per heavy atom. The SMILES string of the molecule is CCOP(=O)(CCCP(=O)(OCC)c1ccccc1OC)OCC. The van der Waals surface area contributed by atoms with E-state index in [0.717, 1.165) is 0 Å². The predicted octanol–water partition coefficient (Wildman–Crippen LogP) is 4.29. The number of ether oxygens (including phenoxy) is 1. The van der Waals surface area contributed by atoms with Gasteiger partial charge >= 0.3 is 7.60 Å². The Morgan fingerprint density at radius 1 is 0.875 bits per heavy atom. The van der Waals surface area contributed by atoms with Crippen molar-refractivity contribution in [2.45, 2.75) is 27.2 Å². The Hall–Kier alpha value is -0.640. The van der Waals surface area contributed by atoms with Gasteiger partial charge in [0.05, 0.1) is 38.4 Å².